The van der Waals surface area contributed by atoms with Crippen LogP contribution in [0, 0.1) is 5.92 Å². The lowest BCUT2D eigenvalue weighted by Gasteiger charge is -2.29. The summed E-state index contributed by atoms with van der Waals surface area (Å²) in [5, 5.41) is 5.63. The summed E-state index contributed by atoms with van der Waals surface area (Å²) in [5.41, 5.74) is 7.60. The van der Waals surface area contributed by atoms with Crippen molar-refractivity contribution in [1.29, 1.82) is 0 Å². The first-order chi connectivity index (χ1) is 19.7. The molecule has 3 heterocycles. The fraction of sp³-hybridized carbons (Fsp3) is 0.345. The predicted molar refractivity (Wildman–Crippen MR) is 146 cm³/mol. The van der Waals surface area contributed by atoms with Gasteiger partial charge in [-0.2, -0.15) is 13.2 Å². The van der Waals surface area contributed by atoms with Crippen molar-refractivity contribution in [1.82, 2.24) is 24.7 Å². The zero-order valence-corrected chi connectivity index (χ0v) is 22.0. The summed E-state index contributed by atoms with van der Waals surface area (Å²) >= 11 is 0. The Hall–Kier alpha value is -4.48. The quantitative estimate of drug-likeness (QED) is 0.296. The predicted octanol–water partition coefficient (Wildman–Crippen LogP) is 5.20. The third-order valence-corrected chi connectivity index (χ3v) is 7.69. The number of anilines is 2. The molecule has 212 valence electrons. The molecule has 4 aromatic rings. The van der Waals surface area contributed by atoms with Crippen molar-refractivity contribution < 1.29 is 22.8 Å². The Morgan fingerprint density at radius 2 is 1.78 bits per heavy atom. The number of hydrogen-bond acceptors (Lipinski definition) is 6. The van der Waals surface area contributed by atoms with Crippen LogP contribution < -0.4 is 16.4 Å². The van der Waals surface area contributed by atoms with Gasteiger partial charge in [0.2, 0.25) is 5.91 Å². The van der Waals surface area contributed by atoms with Crippen LogP contribution in [-0.2, 0) is 11.0 Å². The van der Waals surface area contributed by atoms with Gasteiger partial charge >= 0.3 is 6.18 Å². The maximum absolute atomic E-state index is 13.0. The normalized spacial score (nSPS) is 19.2. The lowest BCUT2D eigenvalue weighted by atomic mass is 9.85. The van der Waals surface area contributed by atoms with Crippen LogP contribution in [0.5, 0.6) is 0 Å². The standard InChI is InChI=1S/C29H28F3N7O2/c30-29(31,32)20-10-11-34-22(15-20)37-28(41)18-6-4-16(5-7-18)23-24-25(33)35-12-13-39(24)26(38-23)19-2-1-3-21(14-19)36-27(40)17-8-9-17/h4-7,10-13,15,17,19,21H,1-3,8-9,14H2,(H2,33,35)(H,36,40)(H,34,37,41)/t19-,21+/m1/s1. The first kappa shape index (κ1) is 26.7. The number of alkyl halides is 3. The molecule has 6 rings (SSSR count). The highest BCUT2D eigenvalue weighted by Gasteiger charge is 2.34. The minimum absolute atomic E-state index is 0.0981. The van der Waals surface area contributed by atoms with Gasteiger partial charge in [0.05, 0.1) is 5.56 Å². The molecule has 2 aliphatic carbocycles. The molecule has 3 aromatic heterocycles. The Bertz CT molecular complexity index is 1610. The van der Waals surface area contributed by atoms with E-state index in [1.807, 2.05) is 10.6 Å². The Balaban J connectivity index is 1.24. The Morgan fingerprint density at radius 3 is 2.51 bits per heavy atom. The van der Waals surface area contributed by atoms with Crippen molar-refractivity contribution in [3.63, 3.8) is 0 Å². The van der Waals surface area contributed by atoms with Crippen LogP contribution in [0.4, 0.5) is 24.8 Å². The highest BCUT2D eigenvalue weighted by atomic mass is 19.4. The van der Waals surface area contributed by atoms with Gasteiger partial charge in [-0.05, 0) is 56.4 Å². The van der Waals surface area contributed by atoms with Gasteiger partial charge < -0.3 is 16.4 Å². The van der Waals surface area contributed by atoms with Gasteiger partial charge in [-0.3, -0.25) is 14.0 Å². The first-order valence-corrected chi connectivity index (χ1v) is 13.5. The molecule has 9 nitrogen and oxygen atoms in total. The molecule has 2 aliphatic rings. The number of rotatable bonds is 6. The van der Waals surface area contributed by atoms with Crippen LogP contribution in [0.25, 0.3) is 16.8 Å². The van der Waals surface area contributed by atoms with E-state index in [4.69, 9.17) is 10.7 Å². The smallest absolute Gasteiger partial charge is 0.382 e. The van der Waals surface area contributed by atoms with Gasteiger partial charge in [0.1, 0.15) is 28.7 Å². The number of pyridine rings is 1. The summed E-state index contributed by atoms with van der Waals surface area (Å²) in [5.74, 6) is 0.775. The minimum atomic E-state index is -4.55. The van der Waals surface area contributed by atoms with E-state index in [0.29, 0.717) is 22.6 Å². The number of nitrogen functional groups attached to an aromatic ring is 1. The van der Waals surface area contributed by atoms with Crippen molar-refractivity contribution in [2.75, 3.05) is 11.1 Å². The SMILES string of the molecule is Nc1nccn2c([C@@H]3CCC[C@H](NC(=O)C4CC4)C3)nc(-c3ccc(C(=O)Nc4cc(C(F)(F)F)ccn4)cc3)c12. The molecular formula is C29H28F3N7O2. The lowest BCUT2D eigenvalue weighted by Crippen LogP contribution is -2.39. The molecule has 2 amide bonds. The third kappa shape index (κ3) is 5.59. The van der Waals surface area contributed by atoms with E-state index in [1.54, 1.807) is 30.5 Å². The van der Waals surface area contributed by atoms with Crippen molar-refractivity contribution >= 4 is 29.0 Å². The first-order valence-electron chi connectivity index (χ1n) is 13.5. The van der Waals surface area contributed by atoms with E-state index < -0.39 is 17.6 Å². The number of aromatic nitrogens is 4. The van der Waals surface area contributed by atoms with Gasteiger partial charge in [-0.15, -0.1) is 0 Å². The second-order valence-corrected chi connectivity index (χ2v) is 10.7. The number of nitrogens with one attached hydrogen (secondary N) is 2. The zero-order chi connectivity index (χ0) is 28.7. The molecule has 0 radical (unpaired) electrons. The summed E-state index contributed by atoms with van der Waals surface area (Å²) < 4.78 is 41.0. The summed E-state index contributed by atoms with van der Waals surface area (Å²) in [6.07, 6.45) is 5.45. The van der Waals surface area contributed by atoms with Gasteiger partial charge in [0.25, 0.3) is 5.91 Å². The van der Waals surface area contributed by atoms with Crippen molar-refractivity contribution in [2.24, 2.45) is 5.92 Å². The number of halogens is 3. The number of benzene rings is 1. The second kappa shape index (κ2) is 10.5. The molecule has 1 aromatic carbocycles. The van der Waals surface area contributed by atoms with Crippen LogP contribution in [0.2, 0.25) is 0 Å². The number of carbonyl (C=O) groups is 2. The topological polar surface area (TPSA) is 127 Å². The molecular weight excluding hydrogens is 535 g/mol. The van der Waals surface area contributed by atoms with E-state index in [2.05, 4.69) is 20.6 Å². The fourth-order valence-electron chi connectivity index (χ4n) is 5.44. The van der Waals surface area contributed by atoms with Crippen LogP contribution in [-0.4, -0.2) is 37.2 Å². The molecule has 0 aliphatic heterocycles. The summed E-state index contributed by atoms with van der Waals surface area (Å²) in [6, 6.07) is 8.29. The summed E-state index contributed by atoms with van der Waals surface area (Å²) in [6.45, 7) is 0. The Kier molecular flexibility index (Phi) is 6.84. The summed E-state index contributed by atoms with van der Waals surface area (Å²) in [4.78, 5) is 38.2. The molecule has 0 spiro atoms. The number of carbonyl (C=O) groups excluding carboxylic acids is 2. The van der Waals surface area contributed by atoms with Crippen LogP contribution >= 0.6 is 0 Å². The average molecular weight is 564 g/mol. The number of hydrogen-bond donors (Lipinski definition) is 3. The zero-order valence-electron chi connectivity index (χ0n) is 22.0. The molecule has 2 atom stereocenters. The Morgan fingerprint density at radius 1 is 1.00 bits per heavy atom. The van der Waals surface area contributed by atoms with Crippen LogP contribution in [0.3, 0.4) is 0 Å². The van der Waals surface area contributed by atoms with E-state index in [9.17, 15) is 22.8 Å². The number of imidazole rings is 1. The van der Waals surface area contributed by atoms with E-state index >= 15 is 0 Å². The molecule has 2 saturated carbocycles. The van der Waals surface area contributed by atoms with Crippen LogP contribution in [0.15, 0.2) is 55.0 Å². The highest BCUT2D eigenvalue weighted by molar-refractivity contribution is 6.04. The molecule has 0 saturated heterocycles. The Labute approximate surface area is 233 Å². The molecule has 41 heavy (non-hydrogen) atoms. The van der Waals surface area contributed by atoms with E-state index in [0.717, 1.165) is 62.7 Å². The minimum Gasteiger partial charge on any atom is -0.382 e. The van der Waals surface area contributed by atoms with Gasteiger partial charge in [-0.1, -0.05) is 18.6 Å². The largest absolute Gasteiger partial charge is 0.416 e. The molecule has 0 bridgehead atoms. The number of nitrogens with two attached hydrogens (primary N) is 1. The van der Waals surface area contributed by atoms with Gasteiger partial charge in [0, 0.05) is 47.6 Å². The number of nitrogens with zero attached hydrogens (tertiary/aromatic N) is 4. The lowest BCUT2D eigenvalue weighted by molar-refractivity contribution is -0.137. The van der Waals surface area contributed by atoms with E-state index in [-0.39, 0.29) is 35.2 Å². The monoisotopic (exact) mass is 563 g/mol. The average Bonchev–Trinajstić information content (AvgIpc) is 3.74. The molecule has 2 fully saturated rings. The van der Waals surface area contributed by atoms with Gasteiger partial charge in [0.15, 0.2) is 0 Å². The maximum Gasteiger partial charge on any atom is 0.416 e. The third-order valence-electron chi connectivity index (χ3n) is 7.69. The van der Waals surface area contributed by atoms with Crippen molar-refractivity contribution in [3.8, 4) is 11.3 Å². The maximum atomic E-state index is 13.0. The van der Waals surface area contributed by atoms with Crippen molar-refractivity contribution in [3.05, 3.63) is 71.9 Å². The van der Waals surface area contributed by atoms with Gasteiger partial charge in [-0.25, -0.2) is 15.0 Å². The molecule has 4 N–H and O–H groups in total. The highest BCUT2D eigenvalue weighted by Crippen LogP contribution is 2.38. The number of amides is 2. The van der Waals surface area contributed by atoms with Crippen molar-refractivity contribution in [2.45, 2.75) is 56.7 Å². The van der Waals surface area contributed by atoms with Crippen LogP contribution in [0.1, 0.15) is 66.2 Å². The molecule has 12 heteroatoms. The number of fused-ring (bicyclic) bond motifs is 1. The second-order valence-electron chi connectivity index (χ2n) is 10.7. The fourth-order valence-corrected chi connectivity index (χ4v) is 5.44. The molecule has 0 unspecified atom stereocenters. The van der Waals surface area contributed by atoms with E-state index in [1.165, 1.54) is 0 Å². The summed E-state index contributed by atoms with van der Waals surface area (Å²) in [7, 11) is 0.